The molecule has 0 aliphatic heterocycles. The molecular weight excluding hydrogens is 370 g/mol. The molecule has 166 valence electrons. The maximum absolute atomic E-state index is 12.9. The molecule has 3 heteroatoms. The minimum atomic E-state index is -0.0277. The quantitative estimate of drug-likeness (QED) is 0.474. The number of ketones is 2. The summed E-state index contributed by atoms with van der Waals surface area (Å²) in [6.45, 7) is 4.62. The summed E-state index contributed by atoms with van der Waals surface area (Å²) in [6.07, 6.45) is 14.9. The van der Waals surface area contributed by atoms with Gasteiger partial charge in [-0.2, -0.15) is 0 Å². The zero-order chi connectivity index (χ0) is 21.3. The van der Waals surface area contributed by atoms with Crippen LogP contribution < -0.4 is 0 Å². The molecule has 4 rings (SSSR count). The van der Waals surface area contributed by atoms with Gasteiger partial charge in [-0.1, -0.05) is 51.5 Å². The Balaban J connectivity index is 1.28. The van der Waals surface area contributed by atoms with Crippen molar-refractivity contribution in [3.63, 3.8) is 0 Å². The zero-order valence-corrected chi connectivity index (χ0v) is 19.2. The van der Waals surface area contributed by atoms with Gasteiger partial charge in [0.1, 0.15) is 11.5 Å². The van der Waals surface area contributed by atoms with Crippen LogP contribution in [-0.2, 0) is 9.59 Å². The van der Waals surface area contributed by atoms with Crippen molar-refractivity contribution in [2.75, 3.05) is 0 Å². The summed E-state index contributed by atoms with van der Waals surface area (Å²) in [7, 11) is 0. The summed E-state index contributed by atoms with van der Waals surface area (Å²) in [5, 5.41) is 8.56. The third kappa shape index (κ3) is 4.65. The first-order valence-corrected chi connectivity index (χ1v) is 12.8. The van der Waals surface area contributed by atoms with Gasteiger partial charge in [-0.05, 0) is 80.1 Å². The maximum Gasteiger partial charge on any atom is 0.180 e. The number of hydrogen-bond acceptors (Lipinski definition) is 3. The fourth-order valence-corrected chi connectivity index (χ4v) is 7.44. The molecule has 4 aliphatic rings. The molecule has 2 saturated carbocycles. The predicted octanol–water partition coefficient (Wildman–Crippen LogP) is 6.69. The number of rotatable bonds is 7. The summed E-state index contributed by atoms with van der Waals surface area (Å²) >= 11 is 0. The summed E-state index contributed by atoms with van der Waals surface area (Å²) in [5.41, 5.74) is 2.74. The summed E-state index contributed by atoms with van der Waals surface area (Å²) in [5.74, 6) is 3.81. The first kappa shape index (κ1) is 22.0. The Morgan fingerprint density at radius 2 is 1.67 bits per heavy atom. The van der Waals surface area contributed by atoms with Crippen molar-refractivity contribution in [3.05, 3.63) is 11.1 Å². The van der Waals surface area contributed by atoms with E-state index < -0.39 is 0 Å². The van der Waals surface area contributed by atoms with Crippen LogP contribution in [0.25, 0.3) is 0 Å². The molecule has 0 radical (unpaired) electrons. The van der Waals surface area contributed by atoms with Crippen molar-refractivity contribution in [2.45, 2.75) is 104 Å². The van der Waals surface area contributed by atoms with E-state index in [0.29, 0.717) is 48.7 Å². The molecule has 3 nitrogen and oxygen atoms in total. The van der Waals surface area contributed by atoms with Crippen molar-refractivity contribution in [1.82, 2.24) is 0 Å². The second-order valence-corrected chi connectivity index (χ2v) is 11.2. The molecule has 0 heterocycles. The molecule has 0 aromatic carbocycles. The number of fused-ring (bicyclic) bond motifs is 2. The molecule has 6 unspecified atom stereocenters. The van der Waals surface area contributed by atoms with Gasteiger partial charge >= 0.3 is 0 Å². The monoisotopic (exact) mass is 411 g/mol. The van der Waals surface area contributed by atoms with E-state index in [2.05, 4.69) is 13.8 Å². The number of Topliss-reactive ketones (excluding diaryl/α,β-unsaturated/α-hetero) is 2. The van der Waals surface area contributed by atoms with Crippen molar-refractivity contribution < 1.29 is 9.59 Å². The third-order valence-electron chi connectivity index (χ3n) is 8.73. The lowest BCUT2D eigenvalue weighted by Gasteiger charge is -2.40. The van der Waals surface area contributed by atoms with E-state index in [-0.39, 0.29) is 17.4 Å². The van der Waals surface area contributed by atoms with E-state index in [9.17, 15) is 9.59 Å². The van der Waals surface area contributed by atoms with E-state index >= 15 is 0 Å². The maximum atomic E-state index is 12.9. The molecule has 0 amide bonds. The molecule has 2 bridgehead atoms. The van der Waals surface area contributed by atoms with Gasteiger partial charge in [0.05, 0.1) is 0 Å². The van der Waals surface area contributed by atoms with Crippen LogP contribution in [0.1, 0.15) is 104 Å². The number of hydrogen-bond donors (Lipinski definition) is 1. The molecule has 2 fully saturated rings. The second kappa shape index (κ2) is 9.49. The molecule has 6 atom stereocenters. The molecule has 4 aliphatic carbocycles. The van der Waals surface area contributed by atoms with Gasteiger partial charge in [-0.15, -0.1) is 0 Å². The highest BCUT2D eigenvalue weighted by atomic mass is 16.1. The summed E-state index contributed by atoms with van der Waals surface area (Å²) in [6, 6.07) is 0. The Labute approximate surface area is 183 Å². The summed E-state index contributed by atoms with van der Waals surface area (Å²) in [4.78, 5) is 25.7. The Hall–Kier alpha value is -1.25. The number of allylic oxidation sites excluding steroid dienone is 2. The molecule has 0 saturated heterocycles. The Morgan fingerprint density at radius 3 is 2.50 bits per heavy atom. The van der Waals surface area contributed by atoms with Crippen LogP contribution in [0.2, 0.25) is 0 Å². The average molecular weight is 412 g/mol. The lowest BCUT2D eigenvalue weighted by molar-refractivity contribution is -0.127. The number of nitrogens with one attached hydrogen (secondary N) is 1. The zero-order valence-electron chi connectivity index (χ0n) is 19.2. The highest BCUT2D eigenvalue weighted by Gasteiger charge is 2.39. The lowest BCUT2D eigenvalue weighted by atomic mass is 9.64. The van der Waals surface area contributed by atoms with E-state index in [0.717, 1.165) is 37.2 Å². The first-order chi connectivity index (χ1) is 14.4. The molecule has 0 aromatic heterocycles. The second-order valence-electron chi connectivity index (χ2n) is 11.2. The number of carbonyl (C=O) groups is 2. The van der Waals surface area contributed by atoms with E-state index in [4.69, 9.17) is 5.41 Å². The predicted molar refractivity (Wildman–Crippen MR) is 122 cm³/mol. The van der Waals surface area contributed by atoms with Crippen molar-refractivity contribution >= 4 is 17.3 Å². The van der Waals surface area contributed by atoms with E-state index in [1.165, 1.54) is 50.5 Å². The normalized spacial score (nSPS) is 36.2. The molecule has 1 N–H and O–H groups in total. The largest absolute Gasteiger partial charge is 0.299 e. The molecule has 0 aromatic rings. The van der Waals surface area contributed by atoms with Crippen LogP contribution >= 0.6 is 0 Å². The highest BCUT2D eigenvalue weighted by molar-refractivity contribution is 6.45. The standard InChI is InChI=1S/C27H41NO2/c1-17-13-18(2)15-21-16-20(14-17)26(21)27(28)25(30)12-6-11-24(29)23-10-5-8-19-7-3-4-9-22(19)23/h17-20,22-23,28H,3-16H2,1-2H3. The van der Waals surface area contributed by atoms with Gasteiger partial charge in [-0.25, -0.2) is 0 Å². The van der Waals surface area contributed by atoms with Gasteiger partial charge < -0.3 is 0 Å². The Bertz CT molecular complexity index is 718. The minimum absolute atomic E-state index is 0.0277. The van der Waals surface area contributed by atoms with Crippen LogP contribution in [0, 0.1) is 40.9 Å². The molecule has 30 heavy (non-hydrogen) atoms. The Kier molecular flexibility index (Phi) is 6.95. The highest BCUT2D eigenvalue weighted by Crippen LogP contribution is 2.47. The fourth-order valence-electron chi connectivity index (χ4n) is 7.44. The van der Waals surface area contributed by atoms with Crippen LogP contribution in [0.4, 0.5) is 0 Å². The summed E-state index contributed by atoms with van der Waals surface area (Å²) < 4.78 is 0. The van der Waals surface area contributed by atoms with Crippen LogP contribution in [0.15, 0.2) is 11.1 Å². The van der Waals surface area contributed by atoms with Gasteiger partial charge in [0.15, 0.2) is 5.78 Å². The third-order valence-corrected chi connectivity index (χ3v) is 8.73. The fraction of sp³-hybridized carbons (Fsp3) is 0.815. The van der Waals surface area contributed by atoms with E-state index in [1.54, 1.807) is 0 Å². The van der Waals surface area contributed by atoms with Crippen LogP contribution in [0.5, 0.6) is 0 Å². The van der Waals surface area contributed by atoms with Gasteiger partial charge in [0.25, 0.3) is 0 Å². The van der Waals surface area contributed by atoms with Crippen molar-refractivity contribution in [1.29, 1.82) is 5.41 Å². The van der Waals surface area contributed by atoms with Crippen molar-refractivity contribution in [2.24, 2.45) is 35.5 Å². The Morgan fingerprint density at radius 1 is 0.900 bits per heavy atom. The minimum Gasteiger partial charge on any atom is -0.299 e. The SMILES string of the molecule is CC1CC2=C(C(=N)C(=O)CCCC(=O)C3CCCC4CCCCC43)C(C2)CC(C)C1. The topological polar surface area (TPSA) is 58.0 Å². The average Bonchev–Trinajstić information content (AvgIpc) is 2.70. The molecular formula is C27H41NO2. The van der Waals surface area contributed by atoms with E-state index in [1.807, 2.05) is 0 Å². The van der Waals surface area contributed by atoms with Crippen LogP contribution in [0.3, 0.4) is 0 Å². The van der Waals surface area contributed by atoms with Gasteiger partial charge in [0.2, 0.25) is 0 Å². The molecule has 0 spiro atoms. The van der Waals surface area contributed by atoms with Gasteiger partial charge in [0, 0.05) is 18.8 Å². The van der Waals surface area contributed by atoms with Crippen LogP contribution in [-0.4, -0.2) is 17.3 Å². The first-order valence-electron chi connectivity index (χ1n) is 12.8. The number of carbonyl (C=O) groups excluding carboxylic acids is 2. The van der Waals surface area contributed by atoms with Crippen molar-refractivity contribution in [3.8, 4) is 0 Å². The van der Waals surface area contributed by atoms with Gasteiger partial charge in [-0.3, -0.25) is 15.0 Å². The smallest absolute Gasteiger partial charge is 0.180 e. The lowest BCUT2D eigenvalue weighted by Crippen LogP contribution is -2.35.